The molecule has 0 atom stereocenters. The van der Waals surface area contributed by atoms with Crippen LogP contribution in [0.2, 0.25) is 0 Å². The van der Waals surface area contributed by atoms with E-state index in [9.17, 15) is 4.79 Å². The number of carbonyl (C=O) groups is 1. The van der Waals surface area contributed by atoms with E-state index < -0.39 is 0 Å². The Balaban J connectivity index is 1.78. The van der Waals surface area contributed by atoms with Crippen molar-refractivity contribution in [1.29, 1.82) is 0 Å². The van der Waals surface area contributed by atoms with Crippen LogP contribution in [-0.4, -0.2) is 29.0 Å². The summed E-state index contributed by atoms with van der Waals surface area (Å²) >= 11 is 1.43. The fourth-order valence-corrected chi connectivity index (χ4v) is 4.20. The highest BCUT2D eigenvalue weighted by atomic mass is 32.1. The molecule has 0 aliphatic heterocycles. The molecule has 6 heteroatoms. The van der Waals surface area contributed by atoms with Crippen LogP contribution in [0.15, 0.2) is 18.0 Å². The molecule has 0 bridgehead atoms. The molecule has 128 valence electrons. The van der Waals surface area contributed by atoms with Crippen molar-refractivity contribution in [2.24, 2.45) is 0 Å². The first-order valence-corrected chi connectivity index (χ1v) is 9.46. The Morgan fingerprint density at radius 2 is 2.21 bits per heavy atom. The topological polar surface area (TPSA) is 66.9 Å². The summed E-state index contributed by atoms with van der Waals surface area (Å²) in [7, 11) is 0. The molecule has 2 heterocycles. The minimum Gasteiger partial charge on any atom is -0.369 e. The van der Waals surface area contributed by atoms with Crippen molar-refractivity contribution in [1.82, 2.24) is 15.3 Å². The maximum Gasteiger partial charge on any atom is 0.261 e. The zero-order valence-electron chi connectivity index (χ0n) is 14.3. The van der Waals surface area contributed by atoms with Gasteiger partial charge in [-0.25, -0.2) is 9.97 Å². The van der Waals surface area contributed by atoms with Crippen LogP contribution in [-0.2, 0) is 0 Å². The van der Waals surface area contributed by atoms with Gasteiger partial charge in [-0.05, 0) is 51.5 Å². The Hall–Kier alpha value is -1.95. The van der Waals surface area contributed by atoms with Crippen molar-refractivity contribution in [2.75, 3.05) is 18.4 Å². The molecular formula is C18H24N4OS. The van der Waals surface area contributed by atoms with Gasteiger partial charge in [0.15, 0.2) is 0 Å². The molecule has 2 aromatic rings. The van der Waals surface area contributed by atoms with Gasteiger partial charge in [0.2, 0.25) is 0 Å². The van der Waals surface area contributed by atoms with E-state index in [0.717, 1.165) is 39.4 Å². The second-order valence-corrected chi connectivity index (χ2v) is 7.10. The van der Waals surface area contributed by atoms with Gasteiger partial charge in [0.05, 0.1) is 10.3 Å². The van der Waals surface area contributed by atoms with Gasteiger partial charge in [0, 0.05) is 13.1 Å². The van der Waals surface area contributed by atoms with Crippen LogP contribution in [0, 0.1) is 6.92 Å². The third kappa shape index (κ3) is 3.59. The number of nitrogens with one attached hydrogen (secondary N) is 2. The Morgan fingerprint density at radius 3 is 2.96 bits per heavy atom. The number of nitrogens with zero attached hydrogens (tertiary/aromatic N) is 2. The van der Waals surface area contributed by atoms with Crippen LogP contribution in [0.25, 0.3) is 10.2 Å². The van der Waals surface area contributed by atoms with Crippen LogP contribution in [0.4, 0.5) is 5.82 Å². The van der Waals surface area contributed by atoms with E-state index in [0.29, 0.717) is 6.54 Å². The van der Waals surface area contributed by atoms with Gasteiger partial charge in [-0.2, -0.15) is 0 Å². The Bertz CT molecular complexity index is 766. The second-order valence-electron chi connectivity index (χ2n) is 6.10. The highest BCUT2D eigenvalue weighted by Gasteiger charge is 2.18. The molecule has 3 rings (SSSR count). The van der Waals surface area contributed by atoms with Crippen LogP contribution >= 0.6 is 11.3 Å². The van der Waals surface area contributed by atoms with E-state index in [1.54, 1.807) is 11.9 Å². The summed E-state index contributed by atoms with van der Waals surface area (Å²) in [5.74, 6) is 0.803. The highest BCUT2D eigenvalue weighted by Crippen LogP contribution is 2.33. The van der Waals surface area contributed by atoms with Gasteiger partial charge in [-0.1, -0.05) is 11.6 Å². The molecule has 0 fully saturated rings. The molecule has 0 radical (unpaired) electrons. The lowest BCUT2D eigenvalue weighted by Gasteiger charge is -2.13. The molecule has 1 aliphatic rings. The maximum atomic E-state index is 12.2. The first kappa shape index (κ1) is 16.9. The van der Waals surface area contributed by atoms with E-state index in [1.807, 2.05) is 13.8 Å². The van der Waals surface area contributed by atoms with E-state index >= 15 is 0 Å². The van der Waals surface area contributed by atoms with Crippen molar-refractivity contribution < 1.29 is 4.79 Å². The largest absolute Gasteiger partial charge is 0.369 e. The molecule has 24 heavy (non-hydrogen) atoms. The number of fused-ring (bicyclic) bond motifs is 1. The standard InChI is InChI=1S/C18H24N4OS/c1-3-19-17(23)15-12(2)14-16(21-11-22-18(14)24-15)20-10-9-13-7-5-4-6-8-13/h7,11H,3-6,8-10H2,1-2H3,(H,19,23)(H,20,21,22). The molecule has 1 amide bonds. The van der Waals surface area contributed by atoms with Crippen LogP contribution in [0.5, 0.6) is 0 Å². The van der Waals surface area contributed by atoms with Crippen molar-refractivity contribution >= 4 is 33.3 Å². The normalized spacial score (nSPS) is 14.5. The summed E-state index contributed by atoms with van der Waals surface area (Å²) in [4.78, 5) is 22.5. The molecule has 5 nitrogen and oxygen atoms in total. The summed E-state index contributed by atoms with van der Waals surface area (Å²) in [6.45, 7) is 5.39. The summed E-state index contributed by atoms with van der Waals surface area (Å²) in [6, 6.07) is 0. The van der Waals surface area contributed by atoms with E-state index in [4.69, 9.17) is 0 Å². The first-order valence-electron chi connectivity index (χ1n) is 8.64. The number of carbonyl (C=O) groups excluding carboxylic acids is 1. The number of rotatable bonds is 6. The third-order valence-corrected chi connectivity index (χ3v) is 5.59. The van der Waals surface area contributed by atoms with Crippen molar-refractivity contribution in [3.05, 3.63) is 28.4 Å². The minimum atomic E-state index is -0.0312. The lowest BCUT2D eigenvalue weighted by molar-refractivity contribution is 0.0959. The van der Waals surface area contributed by atoms with Gasteiger partial charge in [0.25, 0.3) is 5.91 Å². The third-order valence-electron chi connectivity index (χ3n) is 4.39. The number of aryl methyl sites for hydroxylation is 1. The predicted molar refractivity (Wildman–Crippen MR) is 99.8 cm³/mol. The van der Waals surface area contributed by atoms with Gasteiger partial charge < -0.3 is 10.6 Å². The smallest absolute Gasteiger partial charge is 0.261 e. The monoisotopic (exact) mass is 344 g/mol. The fraction of sp³-hybridized carbons (Fsp3) is 0.500. The Labute approximate surface area is 146 Å². The SMILES string of the molecule is CCNC(=O)c1sc2ncnc(NCCC3=CCCCC3)c2c1C. The van der Waals surface area contributed by atoms with Crippen LogP contribution < -0.4 is 10.6 Å². The zero-order chi connectivity index (χ0) is 16.9. The molecule has 0 saturated heterocycles. The molecule has 0 saturated carbocycles. The molecule has 2 N–H and O–H groups in total. The summed E-state index contributed by atoms with van der Waals surface area (Å²) in [5.41, 5.74) is 2.50. The number of amides is 1. The van der Waals surface area contributed by atoms with Gasteiger partial charge in [-0.3, -0.25) is 4.79 Å². The maximum absolute atomic E-state index is 12.2. The van der Waals surface area contributed by atoms with Crippen molar-refractivity contribution in [2.45, 2.75) is 46.0 Å². The Kier molecular flexibility index (Phi) is 5.45. The lowest BCUT2D eigenvalue weighted by atomic mass is 9.97. The lowest BCUT2D eigenvalue weighted by Crippen LogP contribution is -2.22. The molecule has 1 aliphatic carbocycles. The number of aromatic nitrogens is 2. The van der Waals surface area contributed by atoms with E-state index in [2.05, 4.69) is 26.7 Å². The average Bonchev–Trinajstić information content (AvgIpc) is 2.94. The molecule has 0 aromatic carbocycles. The number of anilines is 1. The number of allylic oxidation sites excluding steroid dienone is 1. The molecular weight excluding hydrogens is 320 g/mol. The molecule has 0 spiro atoms. The van der Waals surface area contributed by atoms with Crippen molar-refractivity contribution in [3.63, 3.8) is 0 Å². The number of thiophene rings is 1. The summed E-state index contributed by atoms with van der Waals surface area (Å²) < 4.78 is 0. The zero-order valence-corrected chi connectivity index (χ0v) is 15.1. The van der Waals surface area contributed by atoms with Crippen molar-refractivity contribution in [3.8, 4) is 0 Å². The summed E-state index contributed by atoms with van der Waals surface area (Å²) in [5, 5.41) is 7.28. The Morgan fingerprint density at radius 1 is 1.33 bits per heavy atom. The van der Waals surface area contributed by atoms with E-state index in [-0.39, 0.29) is 5.91 Å². The average molecular weight is 344 g/mol. The van der Waals surface area contributed by atoms with Gasteiger partial charge >= 0.3 is 0 Å². The van der Waals surface area contributed by atoms with Gasteiger partial charge in [-0.15, -0.1) is 11.3 Å². The minimum absolute atomic E-state index is 0.0312. The van der Waals surface area contributed by atoms with Crippen LogP contribution in [0.3, 0.4) is 0 Å². The van der Waals surface area contributed by atoms with Gasteiger partial charge in [0.1, 0.15) is 17.0 Å². The number of hydrogen-bond acceptors (Lipinski definition) is 5. The fourth-order valence-electron chi connectivity index (χ4n) is 3.14. The van der Waals surface area contributed by atoms with Crippen LogP contribution in [0.1, 0.15) is 54.3 Å². The first-order chi connectivity index (χ1) is 11.7. The molecule has 2 aromatic heterocycles. The quantitative estimate of drug-likeness (QED) is 0.776. The number of hydrogen-bond donors (Lipinski definition) is 2. The predicted octanol–water partition coefficient (Wildman–Crippen LogP) is 4.05. The highest BCUT2D eigenvalue weighted by molar-refractivity contribution is 7.20. The van der Waals surface area contributed by atoms with E-state index in [1.165, 1.54) is 37.0 Å². The summed E-state index contributed by atoms with van der Waals surface area (Å²) in [6.07, 6.45) is 10.1. The second kappa shape index (κ2) is 7.75. The molecule has 0 unspecified atom stereocenters.